The zero-order valence-corrected chi connectivity index (χ0v) is 17.3. The first-order valence-electron chi connectivity index (χ1n) is 8.61. The number of hydrogen-bond acceptors (Lipinski definition) is 3. The Hall–Kier alpha value is 0.310. The van der Waals surface area contributed by atoms with Gasteiger partial charge < -0.3 is 15.5 Å². The van der Waals surface area contributed by atoms with Crippen molar-refractivity contribution in [1.29, 1.82) is 0 Å². The summed E-state index contributed by atoms with van der Waals surface area (Å²) >= 11 is 1.92. The molecule has 1 saturated heterocycles. The molecule has 2 N–H and O–H groups in total. The summed E-state index contributed by atoms with van der Waals surface area (Å²) in [6.45, 7) is 6.54. The van der Waals surface area contributed by atoms with Gasteiger partial charge in [0.15, 0.2) is 5.96 Å². The van der Waals surface area contributed by atoms with Crippen LogP contribution >= 0.6 is 35.7 Å². The third-order valence-electron chi connectivity index (χ3n) is 4.30. The van der Waals surface area contributed by atoms with Crippen molar-refractivity contribution in [2.75, 3.05) is 38.2 Å². The molecular formula is C16H33IN4S. The van der Waals surface area contributed by atoms with Gasteiger partial charge in [-0.15, -0.1) is 24.0 Å². The molecule has 0 atom stereocenters. The molecule has 2 aliphatic rings. The lowest BCUT2D eigenvalue weighted by molar-refractivity contribution is 0.197. The highest BCUT2D eigenvalue weighted by Crippen LogP contribution is 2.29. The van der Waals surface area contributed by atoms with Crippen LogP contribution in [0, 0.1) is 0 Å². The Morgan fingerprint density at radius 1 is 1.18 bits per heavy atom. The lowest BCUT2D eigenvalue weighted by atomic mass is 10.1. The highest BCUT2D eigenvalue weighted by atomic mass is 127. The van der Waals surface area contributed by atoms with Gasteiger partial charge >= 0.3 is 0 Å². The molecule has 1 saturated carbocycles. The average molecular weight is 440 g/mol. The van der Waals surface area contributed by atoms with Crippen LogP contribution in [-0.2, 0) is 0 Å². The molecule has 0 unspecified atom stereocenters. The van der Waals surface area contributed by atoms with E-state index in [0.717, 1.165) is 25.1 Å². The number of unbranched alkanes of at least 4 members (excludes halogenated alkanes) is 1. The molecular weight excluding hydrogens is 407 g/mol. The van der Waals surface area contributed by atoms with E-state index in [0.29, 0.717) is 6.04 Å². The van der Waals surface area contributed by atoms with E-state index in [1.807, 2.05) is 11.8 Å². The fourth-order valence-electron chi connectivity index (χ4n) is 2.91. The minimum absolute atomic E-state index is 0. The van der Waals surface area contributed by atoms with Crippen molar-refractivity contribution in [2.24, 2.45) is 4.99 Å². The molecule has 0 bridgehead atoms. The Bertz CT molecular complexity index is 315. The molecule has 2 rings (SSSR count). The van der Waals surface area contributed by atoms with Crippen molar-refractivity contribution >= 4 is 41.7 Å². The third kappa shape index (κ3) is 7.73. The van der Waals surface area contributed by atoms with Gasteiger partial charge in [0.2, 0.25) is 0 Å². The van der Waals surface area contributed by atoms with Gasteiger partial charge in [0.1, 0.15) is 0 Å². The first-order valence-corrected chi connectivity index (χ1v) is 10.0. The fourth-order valence-corrected chi connectivity index (χ4v) is 3.40. The second-order valence-electron chi connectivity index (χ2n) is 6.15. The van der Waals surface area contributed by atoms with E-state index >= 15 is 0 Å². The minimum Gasteiger partial charge on any atom is -0.357 e. The van der Waals surface area contributed by atoms with Crippen molar-refractivity contribution < 1.29 is 0 Å². The molecule has 130 valence electrons. The first kappa shape index (κ1) is 20.4. The largest absolute Gasteiger partial charge is 0.357 e. The summed E-state index contributed by atoms with van der Waals surface area (Å²) in [5.41, 5.74) is 0. The Kier molecular flexibility index (Phi) is 10.9. The number of nitrogens with zero attached hydrogens (tertiary/aromatic N) is 2. The molecule has 0 amide bonds. The predicted octanol–water partition coefficient (Wildman–Crippen LogP) is 2.93. The highest BCUT2D eigenvalue weighted by Gasteiger charge is 2.31. The van der Waals surface area contributed by atoms with Crippen LogP contribution in [0.4, 0.5) is 0 Å². The van der Waals surface area contributed by atoms with E-state index in [9.17, 15) is 0 Å². The van der Waals surface area contributed by atoms with Crippen molar-refractivity contribution in [2.45, 2.75) is 57.5 Å². The molecule has 4 nitrogen and oxygen atoms in total. The second-order valence-corrected chi connectivity index (χ2v) is 7.13. The summed E-state index contributed by atoms with van der Waals surface area (Å²) < 4.78 is 0. The normalized spacial score (nSPS) is 20.5. The van der Waals surface area contributed by atoms with E-state index in [4.69, 9.17) is 4.99 Å². The molecule has 0 aromatic rings. The van der Waals surface area contributed by atoms with E-state index < -0.39 is 0 Å². The quantitative estimate of drug-likeness (QED) is 0.264. The molecule has 6 heteroatoms. The summed E-state index contributed by atoms with van der Waals surface area (Å²) in [4.78, 5) is 7.39. The fraction of sp³-hybridized carbons (Fsp3) is 0.938. The number of thioether (sulfide) groups is 1. The van der Waals surface area contributed by atoms with Crippen molar-refractivity contribution in [3.8, 4) is 0 Å². The van der Waals surface area contributed by atoms with Crippen LogP contribution in [-0.4, -0.2) is 61.1 Å². The van der Waals surface area contributed by atoms with Crippen LogP contribution < -0.4 is 10.6 Å². The monoisotopic (exact) mass is 440 g/mol. The number of nitrogens with one attached hydrogen (secondary N) is 2. The minimum atomic E-state index is 0. The van der Waals surface area contributed by atoms with Gasteiger partial charge in [0.05, 0.1) is 0 Å². The van der Waals surface area contributed by atoms with Crippen LogP contribution in [0.3, 0.4) is 0 Å². The van der Waals surface area contributed by atoms with Gasteiger partial charge in [0.25, 0.3) is 0 Å². The van der Waals surface area contributed by atoms with E-state index in [2.05, 4.69) is 28.7 Å². The van der Waals surface area contributed by atoms with Gasteiger partial charge in [-0.3, -0.25) is 4.99 Å². The number of piperidine rings is 1. The van der Waals surface area contributed by atoms with Crippen molar-refractivity contribution in [3.63, 3.8) is 0 Å². The molecule has 0 aromatic carbocycles. The van der Waals surface area contributed by atoms with Gasteiger partial charge in [-0.25, -0.2) is 0 Å². The molecule has 22 heavy (non-hydrogen) atoms. The molecule has 1 aliphatic carbocycles. The second kappa shape index (κ2) is 11.8. The van der Waals surface area contributed by atoms with Crippen molar-refractivity contribution in [1.82, 2.24) is 15.5 Å². The third-order valence-corrected chi connectivity index (χ3v) is 5.00. The average Bonchev–Trinajstić information content (AvgIpc) is 3.33. The molecule has 1 aliphatic heterocycles. The highest BCUT2D eigenvalue weighted by molar-refractivity contribution is 14.0. The Morgan fingerprint density at radius 2 is 1.91 bits per heavy atom. The topological polar surface area (TPSA) is 39.7 Å². The van der Waals surface area contributed by atoms with Gasteiger partial charge in [-0.2, -0.15) is 11.8 Å². The molecule has 0 aromatic heterocycles. The molecule has 0 spiro atoms. The first-order chi connectivity index (χ1) is 10.3. The summed E-state index contributed by atoms with van der Waals surface area (Å²) in [7, 11) is 0. The molecule has 1 heterocycles. The predicted molar refractivity (Wildman–Crippen MR) is 110 cm³/mol. The summed E-state index contributed by atoms with van der Waals surface area (Å²) in [5, 5.41) is 7.02. The Morgan fingerprint density at radius 3 is 2.50 bits per heavy atom. The number of hydrogen-bond donors (Lipinski definition) is 2. The van der Waals surface area contributed by atoms with Gasteiger partial charge in [-0.1, -0.05) is 0 Å². The molecule has 2 fully saturated rings. The molecule has 0 radical (unpaired) electrons. The van der Waals surface area contributed by atoms with E-state index in [-0.39, 0.29) is 24.0 Å². The van der Waals surface area contributed by atoms with Gasteiger partial charge in [0, 0.05) is 38.3 Å². The van der Waals surface area contributed by atoms with E-state index in [1.54, 1.807) is 0 Å². The van der Waals surface area contributed by atoms with Crippen LogP contribution in [0.2, 0.25) is 0 Å². The summed E-state index contributed by atoms with van der Waals surface area (Å²) in [6.07, 6.45) is 10.0. The van der Waals surface area contributed by atoms with Crippen LogP contribution in [0.5, 0.6) is 0 Å². The lowest BCUT2D eigenvalue weighted by Crippen LogP contribution is -2.49. The zero-order valence-electron chi connectivity index (χ0n) is 14.1. The zero-order chi connectivity index (χ0) is 14.9. The standard InChI is InChI=1S/C16H32N4S.HI/c1-3-17-16(18-10-4-5-13-21-2)19-14-8-11-20(12-9-14)15-6-7-15;/h14-15H,3-13H2,1-2H3,(H2,17,18,19);1H. The van der Waals surface area contributed by atoms with Gasteiger partial charge in [-0.05, 0) is 57.5 Å². The van der Waals surface area contributed by atoms with Crippen LogP contribution in [0.15, 0.2) is 4.99 Å². The Labute approximate surface area is 157 Å². The summed E-state index contributed by atoms with van der Waals surface area (Å²) in [5.74, 6) is 2.27. The number of rotatable bonds is 8. The SMILES string of the molecule is CCNC(=NCCCCSC)NC1CCN(C2CC2)CC1.I. The maximum Gasteiger partial charge on any atom is 0.191 e. The van der Waals surface area contributed by atoms with Crippen LogP contribution in [0.25, 0.3) is 0 Å². The maximum absolute atomic E-state index is 4.72. The Balaban J connectivity index is 0.00000242. The number of likely N-dealkylation sites (tertiary alicyclic amines) is 1. The lowest BCUT2D eigenvalue weighted by Gasteiger charge is -2.33. The smallest absolute Gasteiger partial charge is 0.191 e. The van der Waals surface area contributed by atoms with Crippen LogP contribution in [0.1, 0.15) is 45.4 Å². The number of guanidine groups is 1. The van der Waals surface area contributed by atoms with Crippen molar-refractivity contribution in [3.05, 3.63) is 0 Å². The number of aliphatic imine (C=N–C) groups is 1. The maximum atomic E-state index is 4.72. The van der Waals surface area contributed by atoms with E-state index in [1.165, 1.54) is 57.4 Å². The summed E-state index contributed by atoms with van der Waals surface area (Å²) in [6, 6.07) is 1.52. The number of halogens is 1.